The van der Waals surface area contributed by atoms with Gasteiger partial charge in [-0.05, 0) is 56.3 Å². The Morgan fingerprint density at radius 2 is 1.94 bits per heavy atom. The summed E-state index contributed by atoms with van der Waals surface area (Å²) < 4.78 is 11.0. The minimum atomic E-state index is 0. The minimum Gasteiger partial charge on any atom is -0.492 e. The molecule has 0 aliphatic rings. The summed E-state index contributed by atoms with van der Waals surface area (Å²) in [5.41, 5.74) is 1.11. The van der Waals surface area contributed by atoms with Crippen molar-refractivity contribution in [2.45, 2.75) is 40.2 Å². The summed E-state index contributed by atoms with van der Waals surface area (Å²) in [6, 6.07) is 8.11. The van der Waals surface area contributed by atoms with Crippen LogP contribution in [0.5, 0.6) is 5.75 Å². The molecule has 7 nitrogen and oxygen atoms in total. The third-order valence-corrected chi connectivity index (χ3v) is 4.98. The van der Waals surface area contributed by atoms with Gasteiger partial charge in [0.25, 0.3) is 0 Å². The standard InChI is InChI=1S/C24H44N4O3.HI/c1-6-25-24(27-19-22(10-13-29)16-20(2)3)26-18-21-8-7-9-23(17-21)31-15-12-28(4)11-14-30-5;/h7-9,17,20,22,29H,6,10-16,18-19H2,1-5H3,(H2,25,26,27);1H. The molecule has 0 aliphatic carbocycles. The molecule has 1 aromatic rings. The Labute approximate surface area is 212 Å². The molecule has 0 bridgehead atoms. The quantitative estimate of drug-likeness (QED) is 0.163. The van der Waals surface area contributed by atoms with Crippen molar-refractivity contribution in [1.82, 2.24) is 15.5 Å². The first-order valence-corrected chi connectivity index (χ1v) is 11.5. The predicted octanol–water partition coefficient (Wildman–Crippen LogP) is 3.36. The van der Waals surface area contributed by atoms with Crippen LogP contribution in [0.15, 0.2) is 29.3 Å². The van der Waals surface area contributed by atoms with Crippen LogP contribution < -0.4 is 15.4 Å². The van der Waals surface area contributed by atoms with Crippen molar-refractivity contribution in [2.24, 2.45) is 16.8 Å². The molecule has 1 rings (SSSR count). The summed E-state index contributed by atoms with van der Waals surface area (Å²) in [5, 5.41) is 16.1. The highest BCUT2D eigenvalue weighted by Gasteiger charge is 2.11. The van der Waals surface area contributed by atoms with Crippen molar-refractivity contribution >= 4 is 29.9 Å². The topological polar surface area (TPSA) is 78.4 Å². The maximum Gasteiger partial charge on any atom is 0.191 e. The summed E-state index contributed by atoms with van der Waals surface area (Å²) in [5.74, 6) is 2.72. The Balaban J connectivity index is 0.00000961. The van der Waals surface area contributed by atoms with E-state index < -0.39 is 0 Å². The minimum absolute atomic E-state index is 0. The number of rotatable bonds is 16. The van der Waals surface area contributed by atoms with Gasteiger partial charge in [0, 0.05) is 39.9 Å². The number of hydrogen-bond donors (Lipinski definition) is 3. The second-order valence-corrected chi connectivity index (χ2v) is 8.38. The van der Waals surface area contributed by atoms with Crippen LogP contribution in [0.1, 0.15) is 39.2 Å². The average Bonchev–Trinajstić information content (AvgIpc) is 2.74. The lowest BCUT2D eigenvalue weighted by molar-refractivity contribution is 0.150. The first kappa shape index (κ1) is 30.9. The number of methoxy groups -OCH3 is 1. The van der Waals surface area contributed by atoms with Gasteiger partial charge >= 0.3 is 0 Å². The number of ether oxygens (including phenoxy) is 2. The first-order valence-electron chi connectivity index (χ1n) is 11.5. The Bertz CT molecular complexity index is 617. The highest BCUT2D eigenvalue weighted by atomic mass is 127. The van der Waals surface area contributed by atoms with Crippen molar-refractivity contribution in [3.8, 4) is 5.75 Å². The molecule has 32 heavy (non-hydrogen) atoms. The van der Waals surface area contributed by atoms with E-state index in [1.165, 1.54) is 0 Å². The SMILES string of the molecule is CCNC(=NCc1cccc(OCCN(C)CCOC)c1)NCC(CCO)CC(C)C.I. The van der Waals surface area contributed by atoms with Gasteiger partial charge in [-0.3, -0.25) is 0 Å². The second-order valence-electron chi connectivity index (χ2n) is 8.38. The van der Waals surface area contributed by atoms with Crippen molar-refractivity contribution in [3.63, 3.8) is 0 Å². The number of aliphatic hydroxyl groups is 1. The molecule has 0 saturated heterocycles. The molecule has 0 saturated carbocycles. The Kier molecular flexibility index (Phi) is 18.7. The zero-order valence-electron chi connectivity index (χ0n) is 20.6. The van der Waals surface area contributed by atoms with Crippen molar-refractivity contribution in [2.75, 3.05) is 60.2 Å². The largest absolute Gasteiger partial charge is 0.492 e. The number of nitrogens with zero attached hydrogens (tertiary/aromatic N) is 2. The molecule has 0 amide bonds. The fraction of sp³-hybridized carbons (Fsp3) is 0.708. The third-order valence-electron chi connectivity index (χ3n) is 4.98. The summed E-state index contributed by atoms with van der Waals surface area (Å²) in [4.78, 5) is 6.92. The zero-order chi connectivity index (χ0) is 22.9. The van der Waals surface area contributed by atoms with Crippen LogP contribution in [0.25, 0.3) is 0 Å². The molecule has 1 unspecified atom stereocenters. The lowest BCUT2D eigenvalue weighted by atomic mass is 9.94. The van der Waals surface area contributed by atoms with E-state index in [2.05, 4.69) is 55.5 Å². The van der Waals surface area contributed by atoms with E-state index in [0.717, 1.165) is 62.9 Å². The van der Waals surface area contributed by atoms with E-state index in [9.17, 15) is 5.11 Å². The Morgan fingerprint density at radius 3 is 2.59 bits per heavy atom. The van der Waals surface area contributed by atoms with E-state index >= 15 is 0 Å². The van der Waals surface area contributed by atoms with Crippen LogP contribution in [-0.4, -0.2) is 76.1 Å². The van der Waals surface area contributed by atoms with Crippen molar-refractivity contribution in [3.05, 3.63) is 29.8 Å². The van der Waals surface area contributed by atoms with Gasteiger partial charge in [-0.25, -0.2) is 4.99 Å². The van der Waals surface area contributed by atoms with Crippen LogP contribution in [0.4, 0.5) is 0 Å². The van der Waals surface area contributed by atoms with Crippen LogP contribution in [0.3, 0.4) is 0 Å². The van der Waals surface area contributed by atoms with Crippen LogP contribution in [0, 0.1) is 11.8 Å². The molecule has 186 valence electrons. The summed E-state index contributed by atoms with van der Waals surface area (Å²) in [6.07, 6.45) is 1.90. The predicted molar refractivity (Wildman–Crippen MR) is 144 cm³/mol. The average molecular weight is 565 g/mol. The molecule has 0 heterocycles. The van der Waals surface area contributed by atoms with E-state index in [0.29, 0.717) is 25.0 Å². The molecule has 8 heteroatoms. The molecule has 0 radical (unpaired) electrons. The van der Waals surface area contributed by atoms with Gasteiger partial charge in [0.05, 0.1) is 13.2 Å². The molecular formula is C24H45IN4O3. The molecule has 3 N–H and O–H groups in total. The first-order chi connectivity index (χ1) is 15.0. The molecule has 0 aromatic heterocycles. The molecule has 1 aromatic carbocycles. The van der Waals surface area contributed by atoms with E-state index in [1.54, 1.807) is 7.11 Å². The van der Waals surface area contributed by atoms with Gasteiger partial charge in [0.2, 0.25) is 0 Å². The van der Waals surface area contributed by atoms with Gasteiger partial charge in [-0.2, -0.15) is 0 Å². The lowest BCUT2D eigenvalue weighted by Crippen LogP contribution is -2.40. The van der Waals surface area contributed by atoms with E-state index in [1.807, 2.05) is 12.1 Å². The Hall–Kier alpha value is -1.10. The molecule has 0 fully saturated rings. The normalized spacial score (nSPS) is 12.6. The van der Waals surface area contributed by atoms with Gasteiger partial charge < -0.3 is 30.1 Å². The highest BCUT2D eigenvalue weighted by Crippen LogP contribution is 2.15. The lowest BCUT2D eigenvalue weighted by Gasteiger charge is -2.20. The van der Waals surface area contributed by atoms with Crippen molar-refractivity contribution in [1.29, 1.82) is 0 Å². The molecule has 0 spiro atoms. The van der Waals surface area contributed by atoms with E-state index in [-0.39, 0.29) is 30.6 Å². The van der Waals surface area contributed by atoms with Gasteiger partial charge in [0.15, 0.2) is 5.96 Å². The van der Waals surface area contributed by atoms with Crippen LogP contribution in [0.2, 0.25) is 0 Å². The number of halogens is 1. The van der Waals surface area contributed by atoms with Crippen molar-refractivity contribution < 1.29 is 14.6 Å². The number of likely N-dealkylation sites (N-methyl/N-ethyl adjacent to an activating group) is 1. The zero-order valence-corrected chi connectivity index (χ0v) is 22.9. The number of nitrogens with one attached hydrogen (secondary N) is 2. The van der Waals surface area contributed by atoms with Gasteiger partial charge in [0.1, 0.15) is 12.4 Å². The number of aliphatic imine (C=N–C) groups is 1. The smallest absolute Gasteiger partial charge is 0.191 e. The molecule has 0 aliphatic heterocycles. The van der Waals surface area contributed by atoms with Crippen LogP contribution in [-0.2, 0) is 11.3 Å². The molecule has 1 atom stereocenters. The maximum atomic E-state index is 9.33. The number of benzene rings is 1. The van der Waals surface area contributed by atoms with Gasteiger partial charge in [-0.15, -0.1) is 24.0 Å². The Morgan fingerprint density at radius 1 is 1.19 bits per heavy atom. The molecular weight excluding hydrogens is 519 g/mol. The summed E-state index contributed by atoms with van der Waals surface area (Å²) >= 11 is 0. The monoisotopic (exact) mass is 564 g/mol. The third kappa shape index (κ3) is 14.9. The van der Waals surface area contributed by atoms with E-state index in [4.69, 9.17) is 14.5 Å². The number of guanidine groups is 1. The summed E-state index contributed by atoms with van der Waals surface area (Å²) in [7, 11) is 3.78. The highest BCUT2D eigenvalue weighted by molar-refractivity contribution is 14.0. The number of aliphatic hydroxyl groups excluding tert-OH is 1. The maximum absolute atomic E-state index is 9.33. The van der Waals surface area contributed by atoms with Crippen LogP contribution >= 0.6 is 24.0 Å². The fourth-order valence-electron chi connectivity index (χ4n) is 3.32. The van der Waals surface area contributed by atoms with Gasteiger partial charge in [-0.1, -0.05) is 26.0 Å². The fourth-order valence-corrected chi connectivity index (χ4v) is 3.32. The second kappa shape index (κ2) is 19.4. The number of hydrogen-bond acceptors (Lipinski definition) is 5. The summed E-state index contributed by atoms with van der Waals surface area (Å²) in [6.45, 7) is 12.0.